The summed E-state index contributed by atoms with van der Waals surface area (Å²) < 4.78 is 34.4. The van der Waals surface area contributed by atoms with Gasteiger partial charge in [0.2, 0.25) is 0 Å². The Morgan fingerprint density at radius 1 is 0.475 bits per heavy atom. The highest BCUT2D eigenvalue weighted by Gasteiger charge is 2.10. The van der Waals surface area contributed by atoms with E-state index in [1.54, 1.807) is 97.1 Å². The number of pyridine rings is 3. The van der Waals surface area contributed by atoms with Crippen molar-refractivity contribution in [3.05, 3.63) is 167 Å². The first-order valence-corrected chi connectivity index (χ1v) is 19.5. The van der Waals surface area contributed by atoms with Crippen molar-refractivity contribution >= 4 is 23.5 Å². The van der Waals surface area contributed by atoms with Crippen molar-refractivity contribution in [2.45, 2.75) is 6.61 Å². The summed E-state index contributed by atoms with van der Waals surface area (Å²) in [6.07, 6.45) is 0. The standard InChI is InChI=1S/C48H41N5O8/c54-47-36-12-20-42(21-13-36)59-30-28-57-26-24-56-25-27-58-29-31-60-43-22-14-37(15-23-43)48(55)53-46-11-5-9-39(51-46)17-19-41-33-44(61-34-35-6-2-1-3-7-35)32-40(49-41)18-16-38-8-4-10-45(50-38)52-47/h1-15,20-23,32-33H,24-31,34H2,(H,50,52,54)(H,51,53,55). The lowest BCUT2D eigenvalue weighted by Gasteiger charge is -2.10. The van der Waals surface area contributed by atoms with Crippen molar-refractivity contribution in [2.24, 2.45) is 0 Å². The van der Waals surface area contributed by atoms with E-state index < -0.39 is 0 Å². The van der Waals surface area contributed by atoms with Crippen LogP contribution in [-0.2, 0) is 20.8 Å². The second-order valence-corrected chi connectivity index (χ2v) is 13.2. The minimum Gasteiger partial charge on any atom is -0.491 e. The topological polar surface area (TPSA) is 152 Å². The van der Waals surface area contributed by atoms with E-state index in [9.17, 15) is 9.59 Å². The summed E-state index contributed by atoms with van der Waals surface area (Å²) in [7, 11) is 0. The van der Waals surface area contributed by atoms with Crippen LogP contribution in [0.15, 0.2) is 127 Å². The number of benzene rings is 3. The van der Waals surface area contributed by atoms with E-state index in [-0.39, 0.29) is 11.8 Å². The molecule has 7 heterocycles. The lowest BCUT2D eigenvalue weighted by Crippen LogP contribution is -2.14. The fourth-order valence-corrected chi connectivity index (χ4v) is 5.62. The molecule has 0 radical (unpaired) electrons. The number of hydrogen-bond acceptors (Lipinski definition) is 11. The van der Waals surface area contributed by atoms with Crippen molar-refractivity contribution in [3.8, 4) is 40.9 Å². The molecule has 10 rings (SSSR count). The predicted molar refractivity (Wildman–Crippen MR) is 228 cm³/mol. The number of ether oxygens (including phenoxy) is 6. The Bertz CT molecular complexity index is 2380. The normalized spacial score (nSPS) is 14.2. The van der Waals surface area contributed by atoms with Gasteiger partial charge >= 0.3 is 0 Å². The molecule has 2 amide bonds. The number of aromatic nitrogens is 3. The van der Waals surface area contributed by atoms with Gasteiger partial charge in [-0.05, 0) is 102 Å². The second kappa shape index (κ2) is 22.0. The van der Waals surface area contributed by atoms with Crippen LogP contribution in [0, 0.1) is 23.7 Å². The van der Waals surface area contributed by atoms with Gasteiger partial charge in [-0.25, -0.2) is 15.0 Å². The summed E-state index contributed by atoms with van der Waals surface area (Å²) in [6.45, 7) is 3.40. The lowest BCUT2D eigenvalue weighted by atomic mass is 10.2. The first kappa shape index (κ1) is 41.6. The molecular formula is C48H41N5O8. The molecule has 61 heavy (non-hydrogen) atoms. The Balaban J connectivity index is 1.10. The third-order valence-electron chi connectivity index (χ3n) is 8.64. The fourth-order valence-electron chi connectivity index (χ4n) is 5.62. The zero-order valence-electron chi connectivity index (χ0n) is 33.1. The number of carbonyl (C=O) groups is 2. The number of carbonyl (C=O) groups excluding carboxylic acids is 2. The number of nitrogens with one attached hydrogen (secondary N) is 2. The minimum atomic E-state index is -0.338. The Morgan fingerprint density at radius 2 is 0.918 bits per heavy atom. The van der Waals surface area contributed by atoms with E-state index >= 15 is 0 Å². The SMILES string of the molecule is O=C1Nc2cccc(n2)C#Cc2cc(OCc3ccccc3)cc(n2)C#Cc2cccc(n2)NC(=O)c2ccc(cc2)OCCOCCOCCOCCOc2ccc1cc2. The highest BCUT2D eigenvalue weighted by molar-refractivity contribution is 6.04. The minimum absolute atomic E-state index is 0.322. The van der Waals surface area contributed by atoms with Gasteiger partial charge in [-0.1, -0.05) is 42.5 Å². The molecule has 0 unspecified atom stereocenters. The number of rotatable bonds is 3. The molecule has 3 aromatic heterocycles. The molecule has 0 saturated carbocycles. The van der Waals surface area contributed by atoms with Crippen molar-refractivity contribution < 1.29 is 38.0 Å². The molecule has 0 aliphatic carbocycles. The van der Waals surface area contributed by atoms with E-state index in [1.807, 2.05) is 30.3 Å². The molecule has 13 heteroatoms. The number of anilines is 2. The summed E-state index contributed by atoms with van der Waals surface area (Å²) in [5.74, 6) is 13.9. The molecular weight excluding hydrogens is 775 g/mol. The number of amides is 2. The highest BCUT2D eigenvalue weighted by Crippen LogP contribution is 2.18. The molecule has 2 N–H and O–H groups in total. The second-order valence-electron chi connectivity index (χ2n) is 13.2. The summed E-state index contributed by atoms with van der Waals surface area (Å²) >= 11 is 0. The Hall–Kier alpha value is -7.55. The van der Waals surface area contributed by atoms with Gasteiger partial charge in [0.25, 0.3) is 11.8 Å². The maximum Gasteiger partial charge on any atom is 0.256 e. The average Bonchev–Trinajstić information content (AvgIpc) is 3.29. The van der Waals surface area contributed by atoms with Gasteiger partial charge in [-0.2, -0.15) is 0 Å². The summed E-state index contributed by atoms with van der Waals surface area (Å²) in [6, 6.07) is 37.2. The molecule has 4 aliphatic rings. The molecule has 306 valence electrons. The first-order chi connectivity index (χ1) is 30.0. The maximum atomic E-state index is 13.1. The van der Waals surface area contributed by atoms with Gasteiger partial charge in [-0.15, -0.1) is 0 Å². The zero-order valence-corrected chi connectivity index (χ0v) is 33.1. The fraction of sp³-hybridized carbons (Fsp3) is 0.188. The van der Waals surface area contributed by atoms with Crippen LogP contribution in [-0.4, -0.2) is 79.6 Å². The average molecular weight is 816 g/mol. The van der Waals surface area contributed by atoms with Crippen molar-refractivity contribution in [1.29, 1.82) is 0 Å². The molecule has 3 aromatic carbocycles. The third kappa shape index (κ3) is 13.5. The summed E-state index contributed by atoms with van der Waals surface area (Å²) in [4.78, 5) is 39.8. The zero-order chi connectivity index (χ0) is 41.9. The lowest BCUT2D eigenvalue weighted by molar-refractivity contribution is 0.00499. The first-order valence-electron chi connectivity index (χ1n) is 19.5. The Kier molecular flexibility index (Phi) is 15.0. The molecule has 4 aliphatic heterocycles. The molecule has 0 spiro atoms. The van der Waals surface area contributed by atoms with Crippen LogP contribution in [0.5, 0.6) is 17.2 Å². The van der Waals surface area contributed by atoms with E-state index in [0.717, 1.165) is 5.56 Å². The van der Waals surface area contributed by atoms with Crippen LogP contribution in [0.1, 0.15) is 49.1 Å². The van der Waals surface area contributed by atoms with Crippen LogP contribution in [0.4, 0.5) is 11.6 Å². The van der Waals surface area contributed by atoms with Gasteiger partial charge in [0.1, 0.15) is 71.5 Å². The smallest absolute Gasteiger partial charge is 0.256 e. The van der Waals surface area contributed by atoms with E-state index in [2.05, 4.69) is 49.3 Å². The monoisotopic (exact) mass is 815 g/mol. The predicted octanol–water partition coefficient (Wildman–Crippen LogP) is 6.58. The summed E-state index contributed by atoms with van der Waals surface area (Å²) in [5, 5.41) is 5.66. The molecule has 0 saturated heterocycles. The number of nitrogens with zero attached hydrogens (tertiary/aromatic N) is 3. The molecule has 6 aromatic rings. The molecule has 0 fully saturated rings. The van der Waals surface area contributed by atoms with E-state index in [0.29, 0.717) is 122 Å². The quantitative estimate of drug-likeness (QED) is 0.187. The van der Waals surface area contributed by atoms with Gasteiger partial charge < -0.3 is 39.1 Å². The van der Waals surface area contributed by atoms with E-state index in [4.69, 9.17) is 28.4 Å². The Morgan fingerprint density at radius 3 is 1.39 bits per heavy atom. The number of hydrogen-bond donors (Lipinski definition) is 2. The summed E-state index contributed by atoms with van der Waals surface area (Å²) in [5.41, 5.74) is 3.46. The van der Waals surface area contributed by atoms with Crippen LogP contribution < -0.4 is 24.8 Å². The van der Waals surface area contributed by atoms with Gasteiger partial charge in [0.05, 0.1) is 39.6 Å². The van der Waals surface area contributed by atoms with Crippen molar-refractivity contribution in [2.75, 3.05) is 63.5 Å². The molecule has 13 nitrogen and oxygen atoms in total. The van der Waals surface area contributed by atoms with Crippen LogP contribution in [0.25, 0.3) is 0 Å². The van der Waals surface area contributed by atoms with Crippen molar-refractivity contribution in [3.63, 3.8) is 0 Å². The molecule has 0 atom stereocenters. The van der Waals surface area contributed by atoms with Gasteiger partial charge in [-0.3, -0.25) is 9.59 Å². The van der Waals surface area contributed by atoms with Gasteiger partial charge in [0.15, 0.2) is 0 Å². The van der Waals surface area contributed by atoms with E-state index in [1.165, 1.54) is 0 Å². The molecule has 10 bridgehead atoms. The van der Waals surface area contributed by atoms with Crippen LogP contribution in [0.3, 0.4) is 0 Å². The van der Waals surface area contributed by atoms with Crippen molar-refractivity contribution in [1.82, 2.24) is 15.0 Å². The highest BCUT2D eigenvalue weighted by atomic mass is 16.6. The van der Waals surface area contributed by atoms with Crippen LogP contribution >= 0.6 is 0 Å². The third-order valence-corrected chi connectivity index (χ3v) is 8.64. The van der Waals surface area contributed by atoms with Crippen LogP contribution in [0.2, 0.25) is 0 Å². The maximum absolute atomic E-state index is 13.1. The Labute approximate surface area is 353 Å². The largest absolute Gasteiger partial charge is 0.491 e. The van der Waals surface area contributed by atoms with Gasteiger partial charge in [0, 0.05) is 23.3 Å².